The Hall–Kier alpha value is -2.00. The molecule has 1 N–H and O–H groups in total. The topological polar surface area (TPSA) is 38.3 Å². The minimum absolute atomic E-state index is 0.0241. The number of ether oxygens (including phenoxy) is 1. The average Bonchev–Trinajstić information content (AvgIpc) is 2.52. The molecule has 0 saturated heterocycles. The summed E-state index contributed by atoms with van der Waals surface area (Å²) in [7, 11) is 1.55. The molecule has 0 heterocycles. The maximum Gasteiger partial charge on any atom is 0.251 e. The van der Waals surface area contributed by atoms with E-state index in [9.17, 15) is 4.79 Å². The first kappa shape index (κ1) is 17.4. The van der Waals surface area contributed by atoms with Gasteiger partial charge in [0.15, 0.2) is 0 Å². The van der Waals surface area contributed by atoms with Crippen molar-refractivity contribution in [2.75, 3.05) is 7.11 Å². The Kier molecular flexibility index (Phi) is 5.67. The molecule has 4 heteroatoms. The molecule has 0 fully saturated rings. The molecule has 0 saturated carbocycles. The highest BCUT2D eigenvalue weighted by Gasteiger charge is 2.16. The van der Waals surface area contributed by atoms with E-state index < -0.39 is 0 Å². The van der Waals surface area contributed by atoms with E-state index in [0.29, 0.717) is 16.3 Å². The van der Waals surface area contributed by atoms with E-state index in [2.05, 4.69) is 44.3 Å². The van der Waals surface area contributed by atoms with Crippen LogP contribution in [0.2, 0.25) is 5.02 Å². The van der Waals surface area contributed by atoms with E-state index in [4.69, 9.17) is 16.3 Å². The number of hydrogen-bond donors (Lipinski definition) is 1. The summed E-state index contributed by atoms with van der Waals surface area (Å²) in [4.78, 5) is 12.5. The number of methoxy groups -OCH3 is 1. The first-order valence-corrected chi connectivity index (χ1v) is 8.05. The number of carbonyl (C=O) groups is 1. The van der Waals surface area contributed by atoms with E-state index in [1.807, 2.05) is 0 Å². The summed E-state index contributed by atoms with van der Waals surface area (Å²) >= 11 is 6.10. The van der Waals surface area contributed by atoms with Crippen LogP contribution >= 0.6 is 11.6 Å². The number of rotatable bonds is 5. The number of aryl methyl sites for hydroxylation is 2. The van der Waals surface area contributed by atoms with Gasteiger partial charge < -0.3 is 10.1 Å². The van der Waals surface area contributed by atoms with Crippen LogP contribution in [0.1, 0.15) is 46.4 Å². The van der Waals surface area contributed by atoms with E-state index >= 15 is 0 Å². The summed E-state index contributed by atoms with van der Waals surface area (Å²) in [5.41, 5.74) is 4.07. The first-order chi connectivity index (χ1) is 11.0. The van der Waals surface area contributed by atoms with Crippen molar-refractivity contribution in [3.05, 3.63) is 63.7 Å². The molecule has 1 atom stereocenters. The van der Waals surface area contributed by atoms with Crippen molar-refractivity contribution in [2.24, 2.45) is 0 Å². The van der Waals surface area contributed by atoms with Crippen LogP contribution in [0.15, 0.2) is 36.4 Å². The van der Waals surface area contributed by atoms with Gasteiger partial charge in [0.25, 0.3) is 5.91 Å². The maximum atomic E-state index is 12.5. The van der Waals surface area contributed by atoms with Crippen LogP contribution in [0.3, 0.4) is 0 Å². The van der Waals surface area contributed by atoms with Crippen LogP contribution in [0.25, 0.3) is 0 Å². The second-order valence-electron chi connectivity index (χ2n) is 5.64. The SMILES string of the molecule is CC[C@H](NC(=O)c1ccc(OC)c(Cl)c1)c1ccc(C)cc1C. The normalized spacial score (nSPS) is 11.9. The van der Waals surface area contributed by atoms with Crippen molar-refractivity contribution in [3.63, 3.8) is 0 Å². The van der Waals surface area contributed by atoms with Crippen molar-refractivity contribution < 1.29 is 9.53 Å². The van der Waals surface area contributed by atoms with Gasteiger partial charge in [0.2, 0.25) is 0 Å². The molecule has 122 valence electrons. The zero-order chi connectivity index (χ0) is 17.0. The number of nitrogens with one attached hydrogen (secondary N) is 1. The lowest BCUT2D eigenvalue weighted by Gasteiger charge is -2.20. The fourth-order valence-electron chi connectivity index (χ4n) is 2.67. The van der Waals surface area contributed by atoms with Crippen LogP contribution in [-0.4, -0.2) is 13.0 Å². The van der Waals surface area contributed by atoms with Crippen LogP contribution in [0.4, 0.5) is 0 Å². The molecule has 3 nitrogen and oxygen atoms in total. The third-order valence-corrected chi connectivity index (χ3v) is 4.22. The highest BCUT2D eigenvalue weighted by molar-refractivity contribution is 6.32. The molecule has 0 aliphatic carbocycles. The predicted octanol–water partition coefficient (Wildman–Crippen LogP) is 4.85. The number of amides is 1. The number of halogens is 1. The molecule has 2 aromatic rings. The van der Waals surface area contributed by atoms with Gasteiger partial charge in [-0.15, -0.1) is 0 Å². The smallest absolute Gasteiger partial charge is 0.251 e. The molecule has 0 unspecified atom stereocenters. The summed E-state index contributed by atoms with van der Waals surface area (Å²) in [5, 5.41) is 3.52. The molecule has 0 aliphatic rings. The molecular formula is C19H22ClNO2. The lowest BCUT2D eigenvalue weighted by atomic mass is 9.97. The summed E-state index contributed by atoms with van der Waals surface area (Å²) < 4.78 is 5.11. The number of benzene rings is 2. The van der Waals surface area contributed by atoms with Gasteiger partial charge in [-0.3, -0.25) is 4.79 Å². The molecule has 0 aromatic heterocycles. The van der Waals surface area contributed by atoms with Gasteiger partial charge in [0.05, 0.1) is 18.2 Å². The number of hydrogen-bond acceptors (Lipinski definition) is 2. The van der Waals surface area contributed by atoms with Gasteiger partial charge in [-0.1, -0.05) is 42.3 Å². The minimum atomic E-state index is -0.138. The third kappa shape index (κ3) is 4.05. The van der Waals surface area contributed by atoms with Gasteiger partial charge >= 0.3 is 0 Å². The van der Waals surface area contributed by atoms with E-state index in [-0.39, 0.29) is 11.9 Å². The lowest BCUT2D eigenvalue weighted by Crippen LogP contribution is -2.28. The quantitative estimate of drug-likeness (QED) is 0.850. The summed E-state index contributed by atoms with van der Waals surface area (Å²) in [6.07, 6.45) is 0.819. The third-order valence-electron chi connectivity index (χ3n) is 3.93. The van der Waals surface area contributed by atoms with Gasteiger partial charge in [-0.05, 0) is 49.6 Å². The molecule has 1 amide bonds. The summed E-state index contributed by atoms with van der Waals surface area (Å²) in [6, 6.07) is 11.3. The molecule has 2 rings (SSSR count). The van der Waals surface area contributed by atoms with Crippen molar-refractivity contribution in [2.45, 2.75) is 33.2 Å². The van der Waals surface area contributed by atoms with Crippen molar-refractivity contribution >= 4 is 17.5 Å². The highest BCUT2D eigenvalue weighted by atomic mass is 35.5. The highest BCUT2D eigenvalue weighted by Crippen LogP contribution is 2.26. The van der Waals surface area contributed by atoms with Crippen LogP contribution < -0.4 is 10.1 Å². The fraction of sp³-hybridized carbons (Fsp3) is 0.316. The second-order valence-corrected chi connectivity index (χ2v) is 6.05. The monoisotopic (exact) mass is 331 g/mol. The van der Waals surface area contributed by atoms with E-state index in [0.717, 1.165) is 12.0 Å². The van der Waals surface area contributed by atoms with Crippen LogP contribution in [0.5, 0.6) is 5.75 Å². The zero-order valence-corrected chi connectivity index (χ0v) is 14.7. The molecular weight excluding hydrogens is 310 g/mol. The van der Waals surface area contributed by atoms with Crippen molar-refractivity contribution in [1.82, 2.24) is 5.32 Å². The van der Waals surface area contributed by atoms with Crippen molar-refractivity contribution in [3.8, 4) is 5.75 Å². The largest absolute Gasteiger partial charge is 0.495 e. The summed E-state index contributed by atoms with van der Waals surface area (Å²) in [5.74, 6) is 0.422. The van der Waals surface area contributed by atoms with Gasteiger partial charge in [0.1, 0.15) is 5.75 Å². The molecule has 2 aromatic carbocycles. The maximum absolute atomic E-state index is 12.5. The van der Waals surface area contributed by atoms with Crippen LogP contribution in [-0.2, 0) is 0 Å². The standard InChI is InChI=1S/C19H22ClNO2/c1-5-17(15-8-6-12(2)10-13(15)3)21-19(22)14-7-9-18(23-4)16(20)11-14/h6-11,17H,5H2,1-4H3,(H,21,22)/t17-/m0/s1. The Bertz CT molecular complexity index is 713. The second kappa shape index (κ2) is 7.51. The van der Waals surface area contributed by atoms with Crippen LogP contribution in [0, 0.1) is 13.8 Å². The van der Waals surface area contributed by atoms with E-state index in [1.54, 1.807) is 25.3 Å². The lowest BCUT2D eigenvalue weighted by molar-refractivity contribution is 0.0935. The molecule has 0 aliphatic heterocycles. The molecule has 23 heavy (non-hydrogen) atoms. The molecule has 0 radical (unpaired) electrons. The van der Waals surface area contributed by atoms with Crippen molar-refractivity contribution in [1.29, 1.82) is 0 Å². The Morgan fingerprint density at radius 3 is 2.52 bits per heavy atom. The Labute approximate surface area is 142 Å². The fourth-order valence-corrected chi connectivity index (χ4v) is 2.92. The minimum Gasteiger partial charge on any atom is -0.495 e. The van der Waals surface area contributed by atoms with Gasteiger partial charge in [-0.25, -0.2) is 0 Å². The zero-order valence-electron chi connectivity index (χ0n) is 13.9. The Balaban J connectivity index is 2.21. The summed E-state index contributed by atoms with van der Waals surface area (Å²) in [6.45, 7) is 6.20. The Morgan fingerprint density at radius 1 is 1.22 bits per heavy atom. The average molecular weight is 332 g/mol. The Morgan fingerprint density at radius 2 is 1.96 bits per heavy atom. The number of carbonyl (C=O) groups excluding carboxylic acids is 1. The molecule has 0 spiro atoms. The van der Waals surface area contributed by atoms with E-state index in [1.165, 1.54) is 11.1 Å². The molecule has 0 bridgehead atoms. The van der Waals surface area contributed by atoms with Gasteiger partial charge in [0, 0.05) is 5.56 Å². The predicted molar refractivity (Wildman–Crippen MR) is 94.4 cm³/mol. The first-order valence-electron chi connectivity index (χ1n) is 7.67. The van der Waals surface area contributed by atoms with Gasteiger partial charge in [-0.2, -0.15) is 0 Å².